The third kappa shape index (κ3) is 3.54. The van der Waals surface area contributed by atoms with E-state index < -0.39 is 5.82 Å². The van der Waals surface area contributed by atoms with E-state index in [0.29, 0.717) is 18.5 Å². The summed E-state index contributed by atoms with van der Waals surface area (Å²) in [6.45, 7) is 2.55. The number of aromatic nitrogens is 2. The number of anilines is 2. The van der Waals surface area contributed by atoms with Crippen LogP contribution < -0.4 is 16.0 Å². The van der Waals surface area contributed by atoms with Gasteiger partial charge < -0.3 is 16.0 Å². The van der Waals surface area contributed by atoms with Gasteiger partial charge >= 0.3 is 0 Å². The Bertz CT molecular complexity index is 435. The molecule has 0 bridgehead atoms. The summed E-state index contributed by atoms with van der Waals surface area (Å²) in [7, 11) is 0. The molecule has 0 saturated heterocycles. The predicted molar refractivity (Wildman–Crippen MR) is 65.8 cm³/mol. The maximum Gasteiger partial charge on any atom is 0.239 e. The van der Waals surface area contributed by atoms with Gasteiger partial charge in [0.2, 0.25) is 11.9 Å². The lowest BCUT2D eigenvalue weighted by atomic mass is 10.5. The van der Waals surface area contributed by atoms with E-state index in [1.807, 2.05) is 6.92 Å². The Morgan fingerprint density at radius 3 is 2.94 bits per heavy atom. The van der Waals surface area contributed by atoms with Crippen molar-refractivity contribution in [1.82, 2.24) is 15.3 Å². The molecule has 1 amide bonds. The molecule has 1 saturated carbocycles. The van der Waals surface area contributed by atoms with Crippen molar-refractivity contribution in [1.29, 1.82) is 0 Å². The largest absolute Gasteiger partial charge is 0.358 e. The number of carbonyl (C=O) groups excluding carboxylic acids is 1. The number of amides is 1. The van der Waals surface area contributed by atoms with Gasteiger partial charge in [0.1, 0.15) is 0 Å². The fourth-order valence-corrected chi connectivity index (χ4v) is 1.40. The van der Waals surface area contributed by atoms with Gasteiger partial charge in [0.15, 0.2) is 11.6 Å². The fraction of sp³-hybridized carbons (Fsp3) is 0.545. The van der Waals surface area contributed by atoms with E-state index in [-0.39, 0.29) is 18.3 Å². The van der Waals surface area contributed by atoms with Gasteiger partial charge in [0.25, 0.3) is 0 Å². The Hall–Kier alpha value is -1.92. The summed E-state index contributed by atoms with van der Waals surface area (Å²) in [5, 5.41) is 8.34. The molecule has 3 N–H and O–H groups in total. The lowest BCUT2D eigenvalue weighted by molar-refractivity contribution is -0.119. The van der Waals surface area contributed by atoms with Gasteiger partial charge in [-0.25, -0.2) is 9.37 Å². The molecule has 1 aliphatic carbocycles. The topological polar surface area (TPSA) is 78.9 Å². The number of carbonyl (C=O) groups is 1. The number of nitrogens with zero attached hydrogens (tertiary/aromatic N) is 2. The van der Waals surface area contributed by atoms with Gasteiger partial charge in [0, 0.05) is 12.6 Å². The number of nitrogens with one attached hydrogen (secondary N) is 3. The Morgan fingerprint density at radius 1 is 1.50 bits per heavy atom. The first-order valence-corrected chi connectivity index (χ1v) is 5.98. The van der Waals surface area contributed by atoms with Crippen LogP contribution in [0.1, 0.15) is 19.8 Å². The van der Waals surface area contributed by atoms with E-state index in [1.54, 1.807) is 0 Å². The molecule has 0 radical (unpaired) electrons. The van der Waals surface area contributed by atoms with Crippen molar-refractivity contribution in [3.63, 3.8) is 0 Å². The van der Waals surface area contributed by atoms with Crippen molar-refractivity contribution >= 4 is 17.7 Å². The van der Waals surface area contributed by atoms with Crippen LogP contribution in [0.2, 0.25) is 0 Å². The molecule has 0 spiro atoms. The molecule has 1 aromatic rings. The highest BCUT2D eigenvalue weighted by molar-refractivity contribution is 5.81. The van der Waals surface area contributed by atoms with E-state index in [1.165, 1.54) is 0 Å². The third-order valence-electron chi connectivity index (χ3n) is 2.44. The molecule has 1 aliphatic rings. The second kappa shape index (κ2) is 5.61. The highest BCUT2D eigenvalue weighted by Crippen LogP contribution is 2.18. The standard InChI is InChI=1S/C11H16FN5O/c1-2-13-11-15-5-8(12)10(17-11)14-6-9(18)16-7-3-4-7/h5,7H,2-4,6H2,1H3,(H,16,18)(H2,13,14,15,17). The minimum Gasteiger partial charge on any atom is -0.358 e. The molecule has 7 heteroatoms. The smallest absolute Gasteiger partial charge is 0.239 e. The minimum absolute atomic E-state index is 0.00992. The second-order valence-corrected chi connectivity index (χ2v) is 4.12. The monoisotopic (exact) mass is 253 g/mol. The van der Waals surface area contributed by atoms with Crippen LogP contribution >= 0.6 is 0 Å². The number of halogens is 1. The highest BCUT2D eigenvalue weighted by atomic mass is 19.1. The van der Waals surface area contributed by atoms with Crippen molar-refractivity contribution in [3.05, 3.63) is 12.0 Å². The Kier molecular flexibility index (Phi) is 3.91. The molecule has 1 aromatic heterocycles. The van der Waals surface area contributed by atoms with E-state index in [0.717, 1.165) is 19.0 Å². The maximum atomic E-state index is 13.4. The summed E-state index contributed by atoms with van der Waals surface area (Å²) in [5.41, 5.74) is 0. The van der Waals surface area contributed by atoms with Crippen molar-refractivity contribution in [2.45, 2.75) is 25.8 Å². The van der Waals surface area contributed by atoms with Gasteiger partial charge in [-0.2, -0.15) is 4.98 Å². The maximum absolute atomic E-state index is 13.4. The summed E-state index contributed by atoms with van der Waals surface area (Å²) in [4.78, 5) is 19.2. The highest BCUT2D eigenvalue weighted by Gasteiger charge is 2.23. The Morgan fingerprint density at radius 2 is 2.28 bits per heavy atom. The Balaban J connectivity index is 1.90. The quantitative estimate of drug-likeness (QED) is 0.697. The molecule has 6 nitrogen and oxygen atoms in total. The zero-order valence-electron chi connectivity index (χ0n) is 10.2. The minimum atomic E-state index is -0.573. The van der Waals surface area contributed by atoms with Gasteiger partial charge in [-0.1, -0.05) is 0 Å². The lowest BCUT2D eigenvalue weighted by Gasteiger charge is -2.08. The number of rotatable bonds is 6. The van der Waals surface area contributed by atoms with Gasteiger partial charge in [-0.15, -0.1) is 0 Å². The molecular formula is C11H16FN5O. The number of hydrogen-bond acceptors (Lipinski definition) is 5. The van der Waals surface area contributed by atoms with Crippen LogP contribution in [0, 0.1) is 5.82 Å². The predicted octanol–water partition coefficient (Wildman–Crippen LogP) is 0.738. The van der Waals surface area contributed by atoms with Crippen LogP contribution in [0.25, 0.3) is 0 Å². The summed E-state index contributed by atoms with van der Waals surface area (Å²) in [6, 6.07) is 0.298. The van der Waals surface area contributed by atoms with Gasteiger partial charge in [-0.3, -0.25) is 4.79 Å². The first-order valence-electron chi connectivity index (χ1n) is 5.98. The van der Waals surface area contributed by atoms with Crippen molar-refractivity contribution in [2.75, 3.05) is 23.7 Å². The molecule has 98 valence electrons. The van der Waals surface area contributed by atoms with Gasteiger partial charge in [0.05, 0.1) is 12.7 Å². The van der Waals surface area contributed by atoms with Crippen LogP contribution in [0.15, 0.2) is 6.20 Å². The summed E-state index contributed by atoms with van der Waals surface area (Å²) >= 11 is 0. The molecule has 0 atom stereocenters. The van der Waals surface area contributed by atoms with E-state index >= 15 is 0 Å². The van der Waals surface area contributed by atoms with Crippen molar-refractivity contribution in [3.8, 4) is 0 Å². The first-order chi connectivity index (χ1) is 8.69. The zero-order valence-corrected chi connectivity index (χ0v) is 10.2. The SMILES string of the molecule is CCNc1ncc(F)c(NCC(=O)NC2CC2)n1. The summed E-state index contributed by atoms with van der Waals surface area (Å²) in [5.74, 6) is -0.354. The van der Waals surface area contributed by atoms with Gasteiger partial charge in [-0.05, 0) is 19.8 Å². The Labute approximate surface area is 104 Å². The van der Waals surface area contributed by atoms with Crippen LogP contribution in [-0.4, -0.2) is 35.0 Å². The van der Waals surface area contributed by atoms with E-state index in [2.05, 4.69) is 25.9 Å². The van der Waals surface area contributed by atoms with Crippen LogP contribution in [0.4, 0.5) is 16.2 Å². The molecule has 0 aliphatic heterocycles. The normalized spacial score (nSPS) is 14.1. The van der Waals surface area contributed by atoms with Crippen molar-refractivity contribution < 1.29 is 9.18 Å². The fourth-order valence-electron chi connectivity index (χ4n) is 1.40. The molecular weight excluding hydrogens is 237 g/mol. The van der Waals surface area contributed by atoms with Crippen molar-refractivity contribution in [2.24, 2.45) is 0 Å². The van der Waals surface area contributed by atoms with Crippen LogP contribution in [0.5, 0.6) is 0 Å². The number of hydrogen-bond donors (Lipinski definition) is 3. The summed E-state index contributed by atoms with van der Waals surface area (Å²) in [6.07, 6.45) is 3.13. The molecule has 0 aromatic carbocycles. The average Bonchev–Trinajstić information content (AvgIpc) is 3.14. The molecule has 1 heterocycles. The first kappa shape index (κ1) is 12.5. The van der Waals surface area contributed by atoms with E-state index in [4.69, 9.17) is 0 Å². The second-order valence-electron chi connectivity index (χ2n) is 4.12. The average molecular weight is 253 g/mol. The van der Waals surface area contributed by atoms with E-state index in [9.17, 15) is 9.18 Å². The molecule has 1 fully saturated rings. The summed E-state index contributed by atoms with van der Waals surface area (Å²) < 4.78 is 13.4. The molecule has 18 heavy (non-hydrogen) atoms. The lowest BCUT2D eigenvalue weighted by Crippen LogP contribution is -2.31. The molecule has 2 rings (SSSR count). The third-order valence-corrected chi connectivity index (χ3v) is 2.44. The van der Waals surface area contributed by atoms with Crippen LogP contribution in [0.3, 0.4) is 0 Å². The zero-order chi connectivity index (χ0) is 13.0. The molecule has 0 unspecified atom stereocenters. The van der Waals surface area contributed by atoms with Crippen LogP contribution in [-0.2, 0) is 4.79 Å².